The molecule has 0 aromatic carbocycles. The van der Waals surface area contributed by atoms with Gasteiger partial charge in [0.1, 0.15) is 12.6 Å². The van der Waals surface area contributed by atoms with E-state index in [4.69, 9.17) is 24.8 Å². The molecule has 0 heterocycles. The van der Waals surface area contributed by atoms with E-state index >= 15 is 0 Å². The van der Waals surface area contributed by atoms with Gasteiger partial charge in [-0.2, -0.15) is 0 Å². The Hall–Kier alpha value is -3.15. The number of carbonyl (C=O) groups excluding carboxylic acids is 3. The van der Waals surface area contributed by atoms with E-state index in [2.05, 4.69) is 30.5 Å². The van der Waals surface area contributed by atoms with Crippen LogP contribution in [0, 0.1) is 0 Å². The first-order valence-electron chi connectivity index (χ1n) is 22.3. The molecule has 0 aromatic rings. The lowest BCUT2D eigenvalue weighted by Gasteiger charge is -2.20. The molecule has 0 rings (SSSR count). The highest BCUT2D eigenvalue weighted by molar-refractivity contribution is 7.47. The van der Waals surface area contributed by atoms with Crippen LogP contribution in [0.5, 0.6) is 0 Å². The van der Waals surface area contributed by atoms with Crippen LogP contribution in [-0.2, 0) is 42.3 Å². The van der Waals surface area contributed by atoms with Gasteiger partial charge in [-0.25, -0.2) is 4.57 Å². The Labute approximate surface area is 355 Å². The van der Waals surface area contributed by atoms with Crippen LogP contribution in [0.3, 0.4) is 0 Å². The van der Waals surface area contributed by atoms with Gasteiger partial charge in [-0.1, -0.05) is 146 Å². The molecule has 12 nitrogen and oxygen atoms in total. The van der Waals surface area contributed by atoms with Gasteiger partial charge in [0.15, 0.2) is 11.9 Å². The number of phosphoric acid groups is 1. The lowest BCUT2D eigenvalue weighted by atomic mass is 10.1. The van der Waals surface area contributed by atoms with Crippen molar-refractivity contribution in [2.75, 3.05) is 19.8 Å². The summed E-state index contributed by atoms with van der Waals surface area (Å²) in [5.74, 6) is -2.35. The first-order valence-corrected chi connectivity index (χ1v) is 23.8. The highest BCUT2D eigenvalue weighted by Gasteiger charge is 2.28. The van der Waals surface area contributed by atoms with E-state index in [0.717, 1.165) is 57.8 Å². The summed E-state index contributed by atoms with van der Waals surface area (Å²) in [6.45, 7) is 2.56. The average molecular weight is 852 g/mol. The standard InChI is InChI=1S/C46H78NO11P/c1-3-5-7-8-9-10-11-12-13-14-15-16-19-22-25-28-32-36-44(49)55-38-42(39-56-59(53,54)57-40-43(47)46(51)52)58-45(50)37-33-29-26-23-20-17-18-21-24-27-31-35-41(48)34-30-6-4-2/h12-13,17-18,23-24,26-27,31,35,42-43H,3-11,14-16,19-22,25,28-30,32-34,36-40,47H2,1-2H3,(H,51,52)(H,53,54)/b13-12-,18-17-,26-23-,27-24-,35-31+/t42-,43+/m1/s1. The van der Waals surface area contributed by atoms with Crippen molar-refractivity contribution in [2.45, 2.75) is 187 Å². The molecule has 0 aromatic heterocycles. The lowest BCUT2D eigenvalue weighted by Crippen LogP contribution is -2.34. The molecule has 1 unspecified atom stereocenters. The maximum absolute atomic E-state index is 12.6. The summed E-state index contributed by atoms with van der Waals surface area (Å²) in [7, 11) is -4.75. The van der Waals surface area contributed by atoms with Crippen LogP contribution in [0.15, 0.2) is 60.8 Å². The van der Waals surface area contributed by atoms with Crippen LogP contribution < -0.4 is 5.73 Å². The minimum Gasteiger partial charge on any atom is -0.480 e. The third-order valence-electron chi connectivity index (χ3n) is 9.21. The number of ketones is 1. The maximum Gasteiger partial charge on any atom is 0.472 e. The topological polar surface area (TPSA) is 189 Å². The van der Waals surface area contributed by atoms with E-state index in [-0.39, 0.29) is 25.2 Å². The van der Waals surface area contributed by atoms with Crippen LogP contribution in [0.25, 0.3) is 0 Å². The van der Waals surface area contributed by atoms with Crippen molar-refractivity contribution in [3.8, 4) is 0 Å². The van der Waals surface area contributed by atoms with E-state index in [1.54, 1.807) is 12.2 Å². The molecule has 0 saturated heterocycles. The molecular weight excluding hydrogens is 773 g/mol. The quantitative estimate of drug-likeness (QED) is 0.0132. The second kappa shape index (κ2) is 40.3. The summed E-state index contributed by atoms with van der Waals surface area (Å²) < 4.78 is 32.6. The Morgan fingerprint density at radius 2 is 1.07 bits per heavy atom. The third kappa shape index (κ3) is 40.0. The van der Waals surface area contributed by atoms with Crippen molar-refractivity contribution in [3.63, 3.8) is 0 Å². The van der Waals surface area contributed by atoms with Gasteiger partial charge in [0, 0.05) is 19.3 Å². The van der Waals surface area contributed by atoms with Crippen molar-refractivity contribution < 1.29 is 52.3 Å². The van der Waals surface area contributed by atoms with Crippen molar-refractivity contribution >= 4 is 31.5 Å². The highest BCUT2D eigenvalue weighted by atomic mass is 31.2. The monoisotopic (exact) mass is 852 g/mol. The summed E-state index contributed by atoms with van der Waals surface area (Å²) in [6.07, 6.45) is 42.7. The summed E-state index contributed by atoms with van der Waals surface area (Å²) in [4.78, 5) is 57.7. The number of carboxylic acids is 1. The fourth-order valence-corrected chi connectivity index (χ4v) is 6.43. The lowest BCUT2D eigenvalue weighted by molar-refractivity contribution is -0.161. The van der Waals surface area contributed by atoms with Crippen LogP contribution in [0.2, 0.25) is 0 Å². The normalized spacial score (nSPS) is 14.2. The first-order chi connectivity index (χ1) is 28.5. The molecule has 0 amide bonds. The summed E-state index contributed by atoms with van der Waals surface area (Å²) in [6, 6.07) is -1.54. The fourth-order valence-electron chi connectivity index (χ4n) is 5.65. The number of nitrogens with two attached hydrogens (primary N) is 1. The molecule has 59 heavy (non-hydrogen) atoms. The van der Waals surface area contributed by atoms with Gasteiger partial charge in [0.25, 0.3) is 0 Å². The molecule has 0 aliphatic rings. The van der Waals surface area contributed by atoms with Gasteiger partial charge in [-0.3, -0.25) is 28.2 Å². The number of carboxylic acid groups (broad SMARTS) is 1. The number of phosphoric ester groups is 1. The van der Waals surface area contributed by atoms with Gasteiger partial charge >= 0.3 is 25.7 Å². The van der Waals surface area contributed by atoms with Crippen LogP contribution in [0.1, 0.15) is 174 Å². The van der Waals surface area contributed by atoms with Crippen molar-refractivity contribution in [1.29, 1.82) is 0 Å². The number of hydrogen-bond acceptors (Lipinski definition) is 10. The Balaban J connectivity index is 4.50. The number of hydrogen-bond donors (Lipinski definition) is 3. The molecule has 0 spiro atoms. The molecule has 13 heteroatoms. The van der Waals surface area contributed by atoms with Crippen LogP contribution >= 0.6 is 7.82 Å². The van der Waals surface area contributed by atoms with E-state index in [9.17, 15) is 28.6 Å². The largest absolute Gasteiger partial charge is 0.480 e. The number of ether oxygens (including phenoxy) is 2. The average Bonchev–Trinajstić information content (AvgIpc) is 3.20. The highest BCUT2D eigenvalue weighted by Crippen LogP contribution is 2.43. The number of unbranched alkanes of at least 4 members (excludes halogenated alkanes) is 16. The summed E-state index contributed by atoms with van der Waals surface area (Å²) >= 11 is 0. The molecular formula is C46H78NO11P. The van der Waals surface area contributed by atoms with Gasteiger partial charge < -0.3 is 25.2 Å². The van der Waals surface area contributed by atoms with Crippen molar-refractivity contribution in [3.05, 3.63) is 60.8 Å². The van der Waals surface area contributed by atoms with Gasteiger partial charge in [-0.05, 0) is 70.3 Å². The van der Waals surface area contributed by atoms with E-state index in [1.165, 1.54) is 64.2 Å². The molecule has 0 aliphatic heterocycles. The Morgan fingerprint density at radius 3 is 1.71 bits per heavy atom. The molecule has 0 radical (unpaired) electrons. The molecule has 4 N–H and O–H groups in total. The smallest absolute Gasteiger partial charge is 0.472 e. The predicted molar refractivity (Wildman–Crippen MR) is 236 cm³/mol. The zero-order chi connectivity index (χ0) is 43.7. The predicted octanol–water partition coefficient (Wildman–Crippen LogP) is 11.1. The molecule has 338 valence electrons. The van der Waals surface area contributed by atoms with Gasteiger partial charge in [0.05, 0.1) is 13.2 Å². The third-order valence-corrected chi connectivity index (χ3v) is 10.2. The zero-order valence-corrected chi connectivity index (χ0v) is 37.2. The van der Waals surface area contributed by atoms with Gasteiger partial charge in [-0.15, -0.1) is 0 Å². The zero-order valence-electron chi connectivity index (χ0n) is 36.3. The number of aliphatic carboxylic acids is 1. The van der Waals surface area contributed by atoms with E-state index in [0.29, 0.717) is 25.7 Å². The molecule has 0 bridgehead atoms. The minimum absolute atomic E-state index is 0.0563. The van der Waals surface area contributed by atoms with Crippen LogP contribution in [0.4, 0.5) is 0 Å². The van der Waals surface area contributed by atoms with E-state index in [1.807, 2.05) is 36.5 Å². The van der Waals surface area contributed by atoms with Crippen molar-refractivity contribution in [1.82, 2.24) is 0 Å². The van der Waals surface area contributed by atoms with Crippen molar-refractivity contribution in [2.24, 2.45) is 5.73 Å². The number of esters is 2. The first kappa shape index (κ1) is 55.9. The second-order valence-electron chi connectivity index (χ2n) is 14.9. The van der Waals surface area contributed by atoms with Crippen LogP contribution in [-0.4, -0.2) is 65.7 Å². The maximum atomic E-state index is 12.6. The summed E-state index contributed by atoms with van der Waals surface area (Å²) in [5, 5.41) is 8.89. The Kier molecular flexibility index (Phi) is 38.1. The SMILES string of the molecule is CCCCCCCC/C=C\CCCCCCCCCC(=O)OC[C@H](COP(=O)(O)OC[C@H](N)C(=O)O)OC(=O)CCC/C=C\C/C=C\C/C=C\C=C\C(=O)CCCCC. The number of allylic oxidation sites excluding steroid dienone is 10. The molecule has 0 saturated carbocycles. The number of carbonyl (C=O) groups is 4. The van der Waals surface area contributed by atoms with Gasteiger partial charge in [0.2, 0.25) is 0 Å². The number of rotatable bonds is 41. The molecule has 3 atom stereocenters. The molecule has 0 fully saturated rings. The molecule has 0 aliphatic carbocycles. The minimum atomic E-state index is -4.75. The fraction of sp³-hybridized carbons (Fsp3) is 0.696. The van der Waals surface area contributed by atoms with E-state index < -0.39 is 51.1 Å². The second-order valence-corrected chi connectivity index (χ2v) is 16.3. The Bertz CT molecular complexity index is 1290. The Morgan fingerprint density at radius 1 is 0.576 bits per heavy atom. The summed E-state index contributed by atoms with van der Waals surface area (Å²) in [5.41, 5.74) is 5.32.